The third kappa shape index (κ3) is 4.70. The van der Waals surface area contributed by atoms with Crippen LogP contribution in [0.5, 0.6) is 0 Å². The standard InChI is InChI=1S/C17H19N3O2/c1-2-13-6-8-14(9-7-13)11-19-16(21)17(22)20-12-15-5-3-4-10-18-15/h3-10H,2,11-12H2,1H3,(H,19,21)(H,20,22). The summed E-state index contributed by atoms with van der Waals surface area (Å²) in [5.41, 5.74) is 2.91. The van der Waals surface area contributed by atoms with Crippen molar-refractivity contribution < 1.29 is 9.59 Å². The van der Waals surface area contributed by atoms with Crippen molar-refractivity contribution in [3.05, 3.63) is 65.5 Å². The molecule has 2 amide bonds. The van der Waals surface area contributed by atoms with E-state index in [2.05, 4.69) is 22.5 Å². The summed E-state index contributed by atoms with van der Waals surface area (Å²) < 4.78 is 0. The van der Waals surface area contributed by atoms with Gasteiger partial charge in [-0.15, -0.1) is 0 Å². The lowest BCUT2D eigenvalue weighted by Gasteiger charge is -2.07. The molecule has 1 heterocycles. The molecule has 0 radical (unpaired) electrons. The third-order valence-corrected chi connectivity index (χ3v) is 3.25. The number of nitrogens with zero attached hydrogens (tertiary/aromatic N) is 1. The van der Waals surface area contributed by atoms with Crippen molar-refractivity contribution in [2.24, 2.45) is 0 Å². The van der Waals surface area contributed by atoms with Gasteiger partial charge in [0, 0.05) is 12.7 Å². The van der Waals surface area contributed by atoms with Crippen LogP contribution in [0.15, 0.2) is 48.7 Å². The molecule has 5 nitrogen and oxygen atoms in total. The van der Waals surface area contributed by atoms with Gasteiger partial charge in [-0.05, 0) is 29.7 Å². The second-order valence-corrected chi connectivity index (χ2v) is 4.86. The quantitative estimate of drug-likeness (QED) is 0.823. The summed E-state index contributed by atoms with van der Waals surface area (Å²) in [6, 6.07) is 13.3. The Balaban J connectivity index is 1.77. The minimum absolute atomic E-state index is 0.234. The van der Waals surface area contributed by atoms with Gasteiger partial charge in [-0.3, -0.25) is 14.6 Å². The molecule has 114 valence electrons. The van der Waals surface area contributed by atoms with Gasteiger partial charge in [0.2, 0.25) is 0 Å². The largest absolute Gasteiger partial charge is 0.344 e. The fourth-order valence-electron chi connectivity index (χ4n) is 1.91. The number of aromatic nitrogens is 1. The van der Waals surface area contributed by atoms with E-state index in [9.17, 15) is 9.59 Å². The molecule has 0 saturated heterocycles. The summed E-state index contributed by atoms with van der Waals surface area (Å²) >= 11 is 0. The monoisotopic (exact) mass is 297 g/mol. The lowest BCUT2D eigenvalue weighted by Crippen LogP contribution is -2.39. The van der Waals surface area contributed by atoms with E-state index in [1.54, 1.807) is 18.3 Å². The minimum atomic E-state index is -0.657. The van der Waals surface area contributed by atoms with Crippen LogP contribution >= 0.6 is 0 Å². The summed E-state index contributed by atoms with van der Waals surface area (Å²) in [7, 11) is 0. The van der Waals surface area contributed by atoms with E-state index in [0.29, 0.717) is 12.2 Å². The van der Waals surface area contributed by atoms with Crippen molar-refractivity contribution in [1.82, 2.24) is 15.6 Å². The molecule has 2 rings (SSSR count). The molecule has 2 N–H and O–H groups in total. The van der Waals surface area contributed by atoms with Gasteiger partial charge in [-0.2, -0.15) is 0 Å². The fourth-order valence-corrected chi connectivity index (χ4v) is 1.91. The van der Waals surface area contributed by atoms with Crippen molar-refractivity contribution in [2.75, 3.05) is 0 Å². The Kier molecular flexibility index (Phi) is 5.65. The molecular formula is C17H19N3O2. The predicted octanol–water partition coefficient (Wildman–Crippen LogP) is 1.58. The van der Waals surface area contributed by atoms with Gasteiger partial charge >= 0.3 is 11.8 Å². The first-order valence-corrected chi connectivity index (χ1v) is 7.22. The number of hydrogen-bond acceptors (Lipinski definition) is 3. The lowest BCUT2D eigenvalue weighted by molar-refractivity contribution is -0.139. The van der Waals surface area contributed by atoms with Crippen LogP contribution in [0.4, 0.5) is 0 Å². The van der Waals surface area contributed by atoms with Crippen LogP contribution in [0.3, 0.4) is 0 Å². The number of rotatable bonds is 5. The SMILES string of the molecule is CCc1ccc(CNC(=O)C(=O)NCc2ccccn2)cc1. The molecule has 5 heteroatoms. The summed E-state index contributed by atoms with van der Waals surface area (Å²) in [6.07, 6.45) is 2.62. The maximum absolute atomic E-state index is 11.7. The zero-order valence-electron chi connectivity index (χ0n) is 12.5. The van der Waals surface area contributed by atoms with E-state index >= 15 is 0 Å². The Morgan fingerprint density at radius 3 is 2.14 bits per heavy atom. The van der Waals surface area contributed by atoms with E-state index in [-0.39, 0.29) is 6.54 Å². The number of hydrogen-bond donors (Lipinski definition) is 2. The number of carbonyl (C=O) groups is 2. The fraction of sp³-hybridized carbons (Fsp3) is 0.235. The van der Waals surface area contributed by atoms with E-state index in [0.717, 1.165) is 12.0 Å². The highest BCUT2D eigenvalue weighted by Gasteiger charge is 2.12. The molecule has 22 heavy (non-hydrogen) atoms. The first-order chi connectivity index (χ1) is 10.7. The first kappa shape index (κ1) is 15.7. The molecule has 0 saturated carbocycles. The number of nitrogens with one attached hydrogen (secondary N) is 2. The molecule has 0 unspecified atom stereocenters. The number of amides is 2. The van der Waals surface area contributed by atoms with Gasteiger partial charge in [0.05, 0.1) is 12.2 Å². The number of pyridine rings is 1. The molecule has 0 spiro atoms. The first-order valence-electron chi connectivity index (χ1n) is 7.22. The highest BCUT2D eigenvalue weighted by Crippen LogP contribution is 2.04. The van der Waals surface area contributed by atoms with Crippen LogP contribution in [0.25, 0.3) is 0 Å². The molecular weight excluding hydrogens is 278 g/mol. The molecule has 0 atom stereocenters. The van der Waals surface area contributed by atoms with E-state index < -0.39 is 11.8 Å². The van der Waals surface area contributed by atoms with Crippen molar-refractivity contribution in [1.29, 1.82) is 0 Å². The smallest absolute Gasteiger partial charge is 0.309 e. The Labute approximate surface area is 129 Å². The zero-order valence-corrected chi connectivity index (χ0v) is 12.5. The normalized spacial score (nSPS) is 10.0. The maximum Gasteiger partial charge on any atom is 0.309 e. The second kappa shape index (κ2) is 7.93. The second-order valence-electron chi connectivity index (χ2n) is 4.86. The van der Waals surface area contributed by atoms with Crippen molar-refractivity contribution >= 4 is 11.8 Å². The molecule has 2 aromatic rings. The Morgan fingerprint density at radius 2 is 1.55 bits per heavy atom. The summed E-state index contributed by atoms with van der Waals surface area (Å²) in [5, 5.41) is 5.14. The third-order valence-electron chi connectivity index (χ3n) is 3.25. The van der Waals surface area contributed by atoms with Gasteiger partial charge in [0.25, 0.3) is 0 Å². The average molecular weight is 297 g/mol. The summed E-state index contributed by atoms with van der Waals surface area (Å²) in [6.45, 7) is 2.65. The Bertz CT molecular complexity index is 624. The Morgan fingerprint density at radius 1 is 0.909 bits per heavy atom. The summed E-state index contributed by atoms with van der Waals surface area (Å²) in [4.78, 5) is 27.5. The molecule has 0 aliphatic rings. The molecule has 1 aromatic heterocycles. The highest BCUT2D eigenvalue weighted by atomic mass is 16.2. The van der Waals surface area contributed by atoms with Crippen LogP contribution < -0.4 is 10.6 Å². The number of aryl methyl sites for hydroxylation is 1. The lowest BCUT2D eigenvalue weighted by atomic mass is 10.1. The molecule has 1 aromatic carbocycles. The molecule has 0 bridgehead atoms. The van der Waals surface area contributed by atoms with Gasteiger partial charge < -0.3 is 10.6 Å². The average Bonchev–Trinajstić information content (AvgIpc) is 2.58. The van der Waals surface area contributed by atoms with Crippen LogP contribution in [0.1, 0.15) is 23.7 Å². The van der Waals surface area contributed by atoms with Crippen molar-refractivity contribution in [2.45, 2.75) is 26.4 Å². The summed E-state index contributed by atoms with van der Waals surface area (Å²) in [5.74, 6) is -1.30. The van der Waals surface area contributed by atoms with Gasteiger partial charge in [0.15, 0.2) is 0 Å². The van der Waals surface area contributed by atoms with Crippen LogP contribution in [0.2, 0.25) is 0 Å². The zero-order chi connectivity index (χ0) is 15.8. The van der Waals surface area contributed by atoms with E-state index in [1.807, 2.05) is 30.3 Å². The minimum Gasteiger partial charge on any atom is -0.344 e. The molecule has 0 aliphatic carbocycles. The predicted molar refractivity (Wildman–Crippen MR) is 83.8 cm³/mol. The van der Waals surface area contributed by atoms with Crippen molar-refractivity contribution in [3.8, 4) is 0 Å². The number of carbonyl (C=O) groups excluding carboxylic acids is 2. The maximum atomic E-state index is 11.7. The van der Waals surface area contributed by atoms with Gasteiger partial charge in [0.1, 0.15) is 0 Å². The van der Waals surface area contributed by atoms with E-state index in [1.165, 1.54) is 5.56 Å². The molecule has 0 aliphatic heterocycles. The van der Waals surface area contributed by atoms with Crippen LogP contribution in [0, 0.1) is 0 Å². The number of benzene rings is 1. The van der Waals surface area contributed by atoms with Crippen LogP contribution in [-0.4, -0.2) is 16.8 Å². The Hall–Kier alpha value is -2.69. The van der Waals surface area contributed by atoms with Crippen molar-refractivity contribution in [3.63, 3.8) is 0 Å². The van der Waals surface area contributed by atoms with E-state index in [4.69, 9.17) is 0 Å². The van der Waals surface area contributed by atoms with Gasteiger partial charge in [-0.25, -0.2) is 0 Å². The van der Waals surface area contributed by atoms with Gasteiger partial charge in [-0.1, -0.05) is 37.3 Å². The van der Waals surface area contributed by atoms with Crippen LogP contribution in [-0.2, 0) is 29.1 Å². The highest BCUT2D eigenvalue weighted by molar-refractivity contribution is 6.35. The molecule has 0 fully saturated rings. The topological polar surface area (TPSA) is 71.1 Å².